The van der Waals surface area contributed by atoms with Crippen LogP contribution in [0.25, 0.3) is 0 Å². The molecule has 2 aliphatic carbocycles. The average molecular weight is 550 g/mol. The Kier molecular flexibility index (Phi) is 7.91. The third-order valence-corrected chi connectivity index (χ3v) is 10.3. The Bertz CT molecular complexity index is 1010. The lowest BCUT2D eigenvalue weighted by Gasteiger charge is -2.71. The Hall–Kier alpha value is -1.81. The van der Waals surface area contributed by atoms with Crippen molar-refractivity contribution < 1.29 is 38.8 Å². The number of likely N-dealkylation sites (tertiary alicyclic amines) is 1. The van der Waals surface area contributed by atoms with Crippen molar-refractivity contribution in [3.8, 4) is 0 Å². The summed E-state index contributed by atoms with van der Waals surface area (Å²) in [5.74, 6) is -2.34. The van der Waals surface area contributed by atoms with E-state index in [9.17, 15) is 24.6 Å². The van der Waals surface area contributed by atoms with Gasteiger partial charge in [0.25, 0.3) is 0 Å². The van der Waals surface area contributed by atoms with Crippen molar-refractivity contribution >= 4 is 17.7 Å². The molecule has 0 radical (unpaired) electrons. The van der Waals surface area contributed by atoms with Crippen LogP contribution in [0.3, 0.4) is 0 Å². The zero-order valence-corrected chi connectivity index (χ0v) is 24.5. The Morgan fingerprint density at radius 3 is 2.36 bits per heavy atom. The number of rotatable bonds is 6. The van der Waals surface area contributed by atoms with Crippen LogP contribution in [-0.4, -0.2) is 87.6 Å². The molecule has 0 aromatic rings. The molecule has 4 rings (SSSR count). The normalized spacial score (nSPS) is 44.1. The summed E-state index contributed by atoms with van der Waals surface area (Å²) in [6.07, 6.45) is 2.33. The number of carbonyl (C=O) groups excluding carboxylic acids is 3. The van der Waals surface area contributed by atoms with Crippen LogP contribution in [0.4, 0.5) is 0 Å². The van der Waals surface area contributed by atoms with Gasteiger partial charge in [-0.2, -0.15) is 0 Å². The molecule has 0 spiro atoms. The summed E-state index contributed by atoms with van der Waals surface area (Å²) in [5, 5.41) is 24.2. The van der Waals surface area contributed by atoms with E-state index >= 15 is 0 Å². The van der Waals surface area contributed by atoms with Gasteiger partial charge in [0.2, 0.25) is 0 Å². The van der Waals surface area contributed by atoms with Gasteiger partial charge in [-0.05, 0) is 58.0 Å². The van der Waals surface area contributed by atoms with Gasteiger partial charge in [-0.1, -0.05) is 33.3 Å². The van der Waals surface area contributed by atoms with Crippen LogP contribution in [0.5, 0.6) is 0 Å². The Labute approximate surface area is 232 Å². The first kappa shape index (κ1) is 30.2. The first-order valence-electron chi connectivity index (χ1n) is 14.4. The monoisotopic (exact) mass is 549 g/mol. The van der Waals surface area contributed by atoms with Gasteiger partial charge in [0.05, 0.1) is 18.1 Å². The third-order valence-electron chi connectivity index (χ3n) is 10.3. The van der Waals surface area contributed by atoms with Crippen molar-refractivity contribution in [3.63, 3.8) is 0 Å². The number of hydrogen-bond acceptors (Lipinski definition) is 9. The van der Waals surface area contributed by atoms with E-state index in [4.69, 9.17) is 14.2 Å². The predicted molar refractivity (Wildman–Crippen MR) is 144 cm³/mol. The van der Waals surface area contributed by atoms with Crippen LogP contribution in [0.15, 0.2) is 12.7 Å². The maximum absolute atomic E-state index is 14.0. The van der Waals surface area contributed by atoms with Crippen molar-refractivity contribution in [1.82, 2.24) is 4.90 Å². The first-order valence-corrected chi connectivity index (χ1v) is 14.4. The highest BCUT2D eigenvalue weighted by molar-refractivity contribution is 5.92. The van der Waals surface area contributed by atoms with Crippen molar-refractivity contribution in [2.24, 2.45) is 16.7 Å². The minimum atomic E-state index is -2.24. The van der Waals surface area contributed by atoms with E-state index in [2.05, 4.69) is 11.5 Å². The largest absolute Gasteiger partial charge is 0.458 e. The molecular weight excluding hydrogens is 502 g/mol. The lowest BCUT2D eigenvalue weighted by molar-refractivity contribution is -0.371. The average Bonchev–Trinajstić information content (AvgIpc) is 2.86. The summed E-state index contributed by atoms with van der Waals surface area (Å²) >= 11 is 0. The second-order valence-corrected chi connectivity index (χ2v) is 13.5. The molecule has 4 fully saturated rings. The van der Waals surface area contributed by atoms with Crippen LogP contribution in [0.1, 0.15) is 86.5 Å². The molecule has 1 unspecified atom stereocenters. The number of hydrogen-bond donors (Lipinski definition) is 2. The number of ketones is 1. The molecule has 220 valence electrons. The van der Waals surface area contributed by atoms with E-state index < -0.39 is 69.6 Å². The van der Waals surface area contributed by atoms with Gasteiger partial charge in [0, 0.05) is 31.2 Å². The van der Waals surface area contributed by atoms with Crippen molar-refractivity contribution in [1.29, 1.82) is 0 Å². The van der Waals surface area contributed by atoms with E-state index in [1.165, 1.54) is 26.3 Å². The van der Waals surface area contributed by atoms with Crippen LogP contribution >= 0.6 is 0 Å². The number of aliphatic hydroxyl groups is 2. The molecule has 9 nitrogen and oxygen atoms in total. The van der Waals surface area contributed by atoms with Crippen LogP contribution < -0.4 is 0 Å². The maximum Gasteiger partial charge on any atom is 0.307 e. The van der Waals surface area contributed by atoms with Gasteiger partial charge >= 0.3 is 11.9 Å². The first-order chi connectivity index (χ1) is 18.1. The van der Waals surface area contributed by atoms with Gasteiger partial charge in [0.15, 0.2) is 17.5 Å². The Balaban J connectivity index is 1.83. The Morgan fingerprint density at radius 1 is 1.13 bits per heavy atom. The summed E-state index contributed by atoms with van der Waals surface area (Å²) in [4.78, 5) is 42.2. The highest BCUT2D eigenvalue weighted by Gasteiger charge is 2.82. The molecule has 0 aromatic carbocycles. The van der Waals surface area contributed by atoms with Gasteiger partial charge in [-0.25, -0.2) is 0 Å². The van der Waals surface area contributed by atoms with E-state index in [-0.39, 0.29) is 12.8 Å². The fourth-order valence-corrected chi connectivity index (χ4v) is 8.39. The molecule has 9 heteroatoms. The number of esters is 2. The predicted octanol–water partition coefficient (Wildman–Crippen LogP) is 2.95. The fraction of sp³-hybridized carbons (Fsp3) is 0.833. The second kappa shape index (κ2) is 10.2. The van der Waals surface area contributed by atoms with Crippen LogP contribution in [-0.2, 0) is 28.6 Å². The summed E-state index contributed by atoms with van der Waals surface area (Å²) < 4.78 is 18.6. The van der Waals surface area contributed by atoms with E-state index in [1.54, 1.807) is 13.8 Å². The minimum absolute atomic E-state index is 0.154. The maximum atomic E-state index is 14.0. The molecule has 39 heavy (non-hydrogen) atoms. The van der Waals surface area contributed by atoms with Gasteiger partial charge in [0.1, 0.15) is 11.7 Å². The molecular formula is C30H47NO8. The standard InChI is InChI=1S/C30H47NO8/c1-8-27(5)18-21(34)30(36)28(6)20(33)12-14-26(3,4)24(28)23(25(37-19(2)32)29(30,7)39-27)38-22(35)13-17-31-15-10-9-11-16-31/h8,20,23-25,33,36H,1,9-18H2,2-7H3/t20?,23-,24-,25-,27-,28-,29+,30-/m0/s1. The van der Waals surface area contributed by atoms with Crippen LogP contribution in [0.2, 0.25) is 0 Å². The summed E-state index contributed by atoms with van der Waals surface area (Å²) in [7, 11) is 0. The zero-order chi connectivity index (χ0) is 29.0. The summed E-state index contributed by atoms with van der Waals surface area (Å²) in [6, 6.07) is 0. The molecule has 8 atom stereocenters. The molecule has 2 aliphatic heterocycles. The van der Waals surface area contributed by atoms with E-state index in [1.807, 2.05) is 13.8 Å². The van der Waals surface area contributed by atoms with Crippen molar-refractivity contribution in [2.75, 3.05) is 19.6 Å². The van der Waals surface area contributed by atoms with E-state index in [0.717, 1.165) is 25.9 Å². The number of aliphatic hydroxyl groups excluding tert-OH is 1. The SMILES string of the molecule is C=C[C@@]1(C)CC(=O)[C@]2(O)[C@@]3(C)C(O)CCC(C)(C)[C@@H]3[C@H](OC(=O)CCN3CCCCC3)[C@H](OC(C)=O)[C@@]2(C)O1. The van der Waals surface area contributed by atoms with Gasteiger partial charge in [-0.3, -0.25) is 14.4 Å². The number of piperidine rings is 1. The number of ether oxygens (including phenoxy) is 3. The summed E-state index contributed by atoms with van der Waals surface area (Å²) in [5.41, 5.74) is -7.29. The number of nitrogens with zero attached hydrogens (tertiary/aromatic N) is 1. The fourth-order valence-electron chi connectivity index (χ4n) is 8.39. The molecule has 2 saturated heterocycles. The molecule has 0 aromatic heterocycles. The highest BCUT2D eigenvalue weighted by Crippen LogP contribution is 2.67. The lowest BCUT2D eigenvalue weighted by atomic mass is 9.39. The van der Waals surface area contributed by atoms with Crippen molar-refractivity contribution in [3.05, 3.63) is 12.7 Å². The molecule has 2 N–H and O–H groups in total. The number of carbonyl (C=O) groups is 3. The van der Waals surface area contributed by atoms with Crippen LogP contribution in [0, 0.1) is 16.7 Å². The number of fused-ring (bicyclic) bond motifs is 3. The quantitative estimate of drug-likeness (QED) is 0.380. The molecule has 0 amide bonds. The Morgan fingerprint density at radius 2 is 1.77 bits per heavy atom. The molecule has 0 bridgehead atoms. The van der Waals surface area contributed by atoms with Crippen molar-refractivity contribution in [2.45, 2.75) is 122 Å². The molecule has 2 heterocycles. The van der Waals surface area contributed by atoms with E-state index in [0.29, 0.717) is 19.4 Å². The number of Topliss-reactive ketones (excluding diaryl/α,β-unsaturated/α-hetero) is 1. The van der Waals surface area contributed by atoms with Gasteiger partial charge in [-0.15, -0.1) is 6.58 Å². The highest BCUT2D eigenvalue weighted by atomic mass is 16.6. The van der Waals surface area contributed by atoms with Gasteiger partial charge < -0.3 is 29.3 Å². The topological polar surface area (TPSA) is 123 Å². The lowest BCUT2D eigenvalue weighted by Crippen LogP contribution is -2.87. The zero-order valence-electron chi connectivity index (χ0n) is 24.5. The smallest absolute Gasteiger partial charge is 0.307 e. The third kappa shape index (κ3) is 4.67. The molecule has 4 aliphatic rings. The molecule has 2 saturated carbocycles. The summed E-state index contributed by atoms with van der Waals surface area (Å²) in [6.45, 7) is 16.4. The minimum Gasteiger partial charge on any atom is -0.458 e. The second-order valence-electron chi connectivity index (χ2n) is 13.5.